The van der Waals surface area contributed by atoms with Gasteiger partial charge in [0.25, 0.3) is 8.40 Å². The molecule has 0 bridgehead atoms. The van der Waals surface area contributed by atoms with E-state index in [1.165, 1.54) is 16.9 Å². The summed E-state index contributed by atoms with van der Waals surface area (Å²) in [6.07, 6.45) is 0. The molecule has 1 aliphatic rings. The summed E-state index contributed by atoms with van der Waals surface area (Å²) in [5.74, 6) is 0. The molecule has 24 heavy (non-hydrogen) atoms. The highest BCUT2D eigenvalue weighted by Crippen LogP contribution is 2.58. The van der Waals surface area contributed by atoms with Gasteiger partial charge in [0.1, 0.15) is 0 Å². The number of fused-ring (bicyclic) bond motifs is 1. The molecular formula is C21H30N2Si. The van der Waals surface area contributed by atoms with Crippen LogP contribution in [-0.4, -0.2) is 22.5 Å². The Bertz CT molecular complexity index is 733. The lowest BCUT2D eigenvalue weighted by atomic mass is 10.0. The predicted molar refractivity (Wildman–Crippen MR) is 108 cm³/mol. The fraction of sp³-hybridized carbons (Fsp3) is 0.429. The van der Waals surface area contributed by atoms with Crippen LogP contribution < -0.4 is 9.13 Å². The number of benzene rings is 2. The summed E-state index contributed by atoms with van der Waals surface area (Å²) in [7, 11) is 2.47. The smallest absolute Gasteiger partial charge is 0.279 e. The maximum Gasteiger partial charge on any atom is 0.279 e. The van der Waals surface area contributed by atoms with Gasteiger partial charge in [-0.05, 0) is 42.9 Å². The van der Waals surface area contributed by atoms with Gasteiger partial charge in [0, 0.05) is 16.4 Å². The minimum Gasteiger partial charge on any atom is -0.383 e. The Morgan fingerprint density at radius 2 is 1.46 bits per heavy atom. The van der Waals surface area contributed by atoms with Gasteiger partial charge >= 0.3 is 0 Å². The second kappa shape index (κ2) is 5.38. The molecular weight excluding hydrogens is 308 g/mol. The average Bonchev–Trinajstić information content (AvgIpc) is 2.72. The summed E-state index contributed by atoms with van der Waals surface area (Å²) >= 11 is 0. The fourth-order valence-electron chi connectivity index (χ4n) is 5.50. The van der Waals surface area contributed by atoms with Crippen molar-refractivity contribution >= 4 is 19.8 Å². The molecule has 3 rings (SSSR count). The molecule has 0 N–H and O–H groups in total. The number of rotatable bonds is 2. The zero-order valence-electron chi connectivity index (χ0n) is 16.1. The third-order valence-corrected chi connectivity index (χ3v) is 12.5. The molecule has 1 aliphatic heterocycles. The van der Waals surface area contributed by atoms with E-state index in [2.05, 4.69) is 112 Å². The summed E-state index contributed by atoms with van der Waals surface area (Å²) in [6.45, 7) is 12.2. The number of nitrogens with zero attached hydrogens (tertiary/aromatic N) is 2. The number of para-hydroxylation sites is 2. The van der Waals surface area contributed by atoms with Crippen molar-refractivity contribution in [3.8, 4) is 0 Å². The summed E-state index contributed by atoms with van der Waals surface area (Å²) in [5, 5.41) is 0.288. The molecule has 2 aromatic carbocycles. The van der Waals surface area contributed by atoms with Crippen molar-refractivity contribution in [1.29, 1.82) is 0 Å². The van der Waals surface area contributed by atoms with E-state index in [9.17, 15) is 0 Å². The maximum absolute atomic E-state index is 2.63. The molecule has 0 amide bonds. The lowest BCUT2D eigenvalue weighted by Gasteiger charge is -2.57. The van der Waals surface area contributed by atoms with Crippen LogP contribution in [0.2, 0.25) is 5.04 Å². The summed E-state index contributed by atoms with van der Waals surface area (Å²) in [5.41, 5.74) is 4.19. The maximum atomic E-state index is 2.63. The molecule has 0 saturated heterocycles. The standard InChI is InChI=1S/C21H30N2Si/c1-20(2,3)24(22(6)17-13-9-8-10-14-17)21(4,5)18-15-11-12-16-19(18)23(24)7/h8-16H,1-7H3. The molecule has 3 heteroatoms. The van der Waals surface area contributed by atoms with E-state index >= 15 is 0 Å². The first-order valence-corrected chi connectivity index (χ1v) is 10.7. The minimum absolute atomic E-state index is 0.112. The number of hydrogen-bond donors (Lipinski definition) is 0. The van der Waals surface area contributed by atoms with Crippen LogP contribution in [0.1, 0.15) is 40.2 Å². The third-order valence-electron chi connectivity index (χ3n) is 5.97. The molecule has 128 valence electrons. The van der Waals surface area contributed by atoms with Crippen LogP contribution in [0.5, 0.6) is 0 Å². The van der Waals surface area contributed by atoms with Gasteiger partial charge in [0.05, 0.1) is 0 Å². The van der Waals surface area contributed by atoms with Crippen LogP contribution in [0, 0.1) is 0 Å². The summed E-state index contributed by atoms with van der Waals surface area (Å²) < 4.78 is 5.25. The van der Waals surface area contributed by atoms with Crippen LogP contribution in [0.25, 0.3) is 0 Å². The molecule has 2 aromatic rings. The topological polar surface area (TPSA) is 6.48 Å². The van der Waals surface area contributed by atoms with E-state index in [4.69, 9.17) is 0 Å². The fourth-order valence-corrected chi connectivity index (χ4v) is 13.2. The first-order chi connectivity index (χ1) is 11.2. The van der Waals surface area contributed by atoms with Crippen molar-refractivity contribution in [2.75, 3.05) is 23.2 Å². The van der Waals surface area contributed by atoms with Gasteiger partial charge in [-0.15, -0.1) is 0 Å². The molecule has 0 saturated carbocycles. The van der Waals surface area contributed by atoms with Gasteiger partial charge in [0.15, 0.2) is 0 Å². The molecule has 0 aromatic heterocycles. The quantitative estimate of drug-likeness (QED) is 0.683. The minimum atomic E-state index is -2.15. The predicted octanol–water partition coefficient (Wildman–Crippen LogP) is 5.33. The normalized spacial score (nSPS) is 22.4. The van der Waals surface area contributed by atoms with E-state index in [1.54, 1.807) is 0 Å². The van der Waals surface area contributed by atoms with Crippen molar-refractivity contribution in [3.05, 3.63) is 60.2 Å². The van der Waals surface area contributed by atoms with Crippen molar-refractivity contribution < 1.29 is 0 Å². The average molecular weight is 339 g/mol. The zero-order valence-corrected chi connectivity index (χ0v) is 17.1. The Morgan fingerprint density at radius 1 is 0.917 bits per heavy atom. The molecule has 1 unspecified atom stereocenters. The van der Waals surface area contributed by atoms with E-state index in [0.717, 1.165) is 0 Å². The number of anilines is 2. The van der Waals surface area contributed by atoms with Gasteiger partial charge in [-0.25, -0.2) is 0 Å². The lowest BCUT2D eigenvalue weighted by molar-refractivity contribution is 0.609. The van der Waals surface area contributed by atoms with E-state index in [0.29, 0.717) is 0 Å². The van der Waals surface area contributed by atoms with Gasteiger partial charge < -0.3 is 9.13 Å². The van der Waals surface area contributed by atoms with E-state index in [1.807, 2.05) is 0 Å². The molecule has 0 radical (unpaired) electrons. The first-order valence-electron chi connectivity index (χ1n) is 8.78. The second-order valence-electron chi connectivity index (χ2n) is 8.52. The van der Waals surface area contributed by atoms with Gasteiger partial charge in [-0.1, -0.05) is 71.0 Å². The highest BCUT2D eigenvalue weighted by molar-refractivity contribution is 6.92. The highest BCUT2D eigenvalue weighted by Gasteiger charge is 2.67. The Morgan fingerprint density at radius 3 is 2.00 bits per heavy atom. The third kappa shape index (κ3) is 2.00. The molecule has 2 nitrogen and oxygen atoms in total. The van der Waals surface area contributed by atoms with Crippen LogP contribution in [0.15, 0.2) is 54.6 Å². The molecule has 1 heterocycles. The van der Waals surface area contributed by atoms with Gasteiger partial charge in [-0.3, -0.25) is 0 Å². The molecule has 1 atom stereocenters. The zero-order chi connectivity index (χ0) is 17.8. The first kappa shape index (κ1) is 17.1. The van der Waals surface area contributed by atoms with Crippen molar-refractivity contribution in [3.63, 3.8) is 0 Å². The Kier molecular flexibility index (Phi) is 3.83. The van der Waals surface area contributed by atoms with Crippen LogP contribution in [0.4, 0.5) is 11.4 Å². The molecule has 0 spiro atoms. The van der Waals surface area contributed by atoms with Crippen molar-refractivity contribution in [2.45, 2.75) is 44.7 Å². The van der Waals surface area contributed by atoms with E-state index in [-0.39, 0.29) is 10.1 Å². The Labute approximate surface area is 148 Å². The van der Waals surface area contributed by atoms with Gasteiger partial charge in [-0.2, -0.15) is 0 Å². The Hall–Kier alpha value is -1.74. The van der Waals surface area contributed by atoms with Crippen molar-refractivity contribution in [1.82, 2.24) is 0 Å². The van der Waals surface area contributed by atoms with Crippen LogP contribution in [0.3, 0.4) is 0 Å². The summed E-state index contributed by atoms with van der Waals surface area (Å²) in [6, 6.07) is 19.8. The second-order valence-corrected chi connectivity index (χ2v) is 14.0. The Balaban J connectivity index is 2.30. The van der Waals surface area contributed by atoms with Gasteiger partial charge in [0.2, 0.25) is 0 Å². The molecule has 0 fully saturated rings. The summed E-state index contributed by atoms with van der Waals surface area (Å²) in [4.78, 5) is 0. The largest absolute Gasteiger partial charge is 0.383 e. The van der Waals surface area contributed by atoms with Crippen LogP contribution >= 0.6 is 0 Å². The molecule has 0 aliphatic carbocycles. The number of hydrogen-bond acceptors (Lipinski definition) is 2. The SMILES string of the molecule is CN(c1ccccc1)[Si]1(C(C)(C)C)N(C)c2ccccc2C1(C)C. The lowest BCUT2D eigenvalue weighted by Crippen LogP contribution is -2.75. The highest BCUT2D eigenvalue weighted by atomic mass is 28.4. The van der Waals surface area contributed by atoms with E-state index < -0.39 is 8.40 Å². The monoisotopic (exact) mass is 338 g/mol. The van der Waals surface area contributed by atoms with Crippen molar-refractivity contribution in [2.24, 2.45) is 0 Å². The van der Waals surface area contributed by atoms with Crippen LogP contribution in [-0.2, 0) is 5.04 Å².